The van der Waals surface area contributed by atoms with Crippen molar-refractivity contribution in [2.45, 2.75) is 51.0 Å². The topological polar surface area (TPSA) is 124 Å². The number of hydrogen-bond donors (Lipinski definition) is 3. The number of carbonyl (C=O) groups excluding carboxylic acids is 2. The van der Waals surface area contributed by atoms with Crippen molar-refractivity contribution < 1.29 is 37.4 Å². The van der Waals surface area contributed by atoms with Crippen molar-refractivity contribution in [2.75, 3.05) is 13.2 Å². The maximum Gasteiger partial charge on any atom is 0.340 e. The highest BCUT2D eigenvalue weighted by Crippen LogP contribution is 2.61. The van der Waals surface area contributed by atoms with E-state index in [4.69, 9.17) is 60.8 Å². The maximum atomic E-state index is 13.3. The average Bonchev–Trinajstić information content (AvgIpc) is 3.26. The van der Waals surface area contributed by atoms with Gasteiger partial charge in [-0.2, -0.15) is 3.22 Å². The standard InChI is InChI=1S/C30H26Cl4INO8/c1-14-25(38)22(33)13-19-27(14)42-28-18(30(19)17-12-21(32)20(31)11-16(17)29(40)43-30)10-15(26(39)24(28)34)6-7-23(37)36-8-4-2-3-5-9-41-44-35/h10-13,38-39H,2-9H2,1H3,(H,36,37). The van der Waals surface area contributed by atoms with Crippen LogP contribution < -0.4 is 10.1 Å². The zero-order valence-corrected chi connectivity index (χ0v) is 28.4. The van der Waals surface area contributed by atoms with Gasteiger partial charge in [-0.05, 0) is 56.0 Å². The number of hydrogen-bond acceptors (Lipinski definition) is 8. The number of fused-ring (bicyclic) bond motifs is 6. The molecule has 3 N–H and O–H groups in total. The Balaban J connectivity index is 1.48. The van der Waals surface area contributed by atoms with Gasteiger partial charge in [0.25, 0.3) is 0 Å². The lowest BCUT2D eigenvalue weighted by Crippen LogP contribution is -2.33. The first kappa shape index (κ1) is 33.2. The number of amides is 1. The molecule has 0 aromatic heterocycles. The summed E-state index contributed by atoms with van der Waals surface area (Å²) in [6.45, 7) is 2.61. The van der Waals surface area contributed by atoms with Crippen LogP contribution in [0.4, 0.5) is 0 Å². The summed E-state index contributed by atoms with van der Waals surface area (Å²) in [6, 6.07) is 5.98. The molecule has 0 bridgehead atoms. The maximum absolute atomic E-state index is 13.3. The Hall–Kier alpha value is -2.19. The smallest absolute Gasteiger partial charge is 0.340 e. The molecule has 0 aliphatic carbocycles. The summed E-state index contributed by atoms with van der Waals surface area (Å²) in [5, 5.41) is 24.8. The van der Waals surface area contributed by atoms with E-state index in [9.17, 15) is 19.8 Å². The zero-order valence-electron chi connectivity index (χ0n) is 23.2. The largest absolute Gasteiger partial charge is 0.506 e. The van der Waals surface area contributed by atoms with Crippen molar-refractivity contribution in [3.8, 4) is 23.0 Å². The third-order valence-corrected chi connectivity index (χ3v) is 9.34. The minimum Gasteiger partial charge on any atom is -0.506 e. The van der Waals surface area contributed by atoms with Gasteiger partial charge in [0.1, 0.15) is 22.3 Å². The Kier molecular flexibility index (Phi) is 10.3. The second kappa shape index (κ2) is 13.7. The van der Waals surface area contributed by atoms with Gasteiger partial charge in [-0.25, -0.2) is 9.68 Å². The normalized spacial score (nSPS) is 16.3. The average molecular weight is 797 g/mol. The van der Waals surface area contributed by atoms with Crippen LogP contribution >= 0.6 is 69.4 Å². The molecule has 5 rings (SSSR count). The van der Waals surface area contributed by atoms with E-state index in [0.717, 1.165) is 25.7 Å². The van der Waals surface area contributed by atoms with Crippen molar-refractivity contribution >= 4 is 81.3 Å². The number of halogens is 5. The van der Waals surface area contributed by atoms with Crippen LogP contribution in [-0.2, 0) is 29.7 Å². The fourth-order valence-electron chi connectivity index (χ4n) is 5.51. The first-order chi connectivity index (χ1) is 21.0. The summed E-state index contributed by atoms with van der Waals surface area (Å²) in [6.07, 6.45) is 3.72. The summed E-state index contributed by atoms with van der Waals surface area (Å²) in [4.78, 5) is 30.8. The predicted molar refractivity (Wildman–Crippen MR) is 174 cm³/mol. The Bertz CT molecular complexity index is 1650. The number of phenolic OH excluding ortho intramolecular Hbond substituents is 2. The minimum atomic E-state index is -1.67. The highest BCUT2D eigenvalue weighted by atomic mass is 127. The second-order valence-corrected chi connectivity index (χ2v) is 12.4. The molecule has 234 valence electrons. The van der Waals surface area contributed by atoms with E-state index < -0.39 is 11.6 Å². The summed E-state index contributed by atoms with van der Waals surface area (Å²) in [5.74, 6) is -1.25. The highest BCUT2D eigenvalue weighted by molar-refractivity contribution is 14.1. The van der Waals surface area contributed by atoms with Crippen LogP contribution in [0.5, 0.6) is 23.0 Å². The molecule has 3 aromatic rings. The summed E-state index contributed by atoms with van der Waals surface area (Å²) < 4.78 is 16.9. The van der Waals surface area contributed by atoms with E-state index in [1.807, 2.05) is 0 Å². The van der Waals surface area contributed by atoms with Crippen LogP contribution in [0, 0.1) is 6.92 Å². The molecule has 0 fully saturated rings. The highest BCUT2D eigenvalue weighted by Gasteiger charge is 2.55. The molecule has 2 aliphatic rings. The van der Waals surface area contributed by atoms with Crippen LogP contribution in [0.15, 0.2) is 24.3 Å². The number of nitrogens with one attached hydrogen (secondary N) is 1. The Morgan fingerprint density at radius 2 is 1.61 bits per heavy atom. The van der Waals surface area contributed by atoms with Crippen LogP contribution in [0.25, 0.3) is 0 Å². The van der Waals surface area contributed by atoms with Gasteiger partial charge in [-0.3, -0.25) is 4.79 Å². The predicted octanol–water partition coefficient (Wildman–Crippen LogP) is 8.50. The van der Waals surface area contributed by atoms with Crippen molar-refractivity contribution in [1.82, 2.24) is 5.32 Å². The van der Waals surface area contributed by atoms with E-state index in [1.54, 1.807) is 36.0 Å². The van der Waals surface area contributed by atoms with E-state index in [-0.39, 0.29) is 78.5 Å². The quantitative estimate of drug-likeness (QED) is 0.0581. The molecule has 0 saturated heterocycles. The number of aryl methyl sites for hydroxylation is 1. The van der Waals surface area contributed by atoms with Gasteiger partial charge in [0, 0.05) is 35.2 Å². The molecular weight excluding hydrogens is 771 g/mol. The van der Waals surface area contributed by atoms with Crippen LogP contribution in [-0.4, -0.2) is 35.2 Å². The number of carbonyl (C=O) groups is 2. The fourth-order valence-corrected chi connectivity index (χ4v) is 6.53. The summed E-state index contributed by atoms with van der Waals surface area (Å²) in [7, 11) is 0. The van der Waals surface area contributed by atoms with Gasteiger partial charge >= 0.3 is 5.97 Å². The van der Waals surface area contributed by atoms with Gasteiger partial charge < -0.3 is 25.0 Å². The number of rotatable bonds is 11. The molecule has 9 nitrogen and oxygen atoms in total. The molecule has 1 spiro atoms. The number of esters is 1. The Morgan fingerprint density at radius 1 is 0.932 bits per heavy atom. The number of ether oxygens (including phenoxy) is 2. The lowest BCUT2D eigenvalue weighted by molar-refractivity contribution is -0.166. The lowest BCUT2D eigenvalue weighted by Gasteiger charge is -2.38. The van der Waals surface area contributed by atoms with Crippen molar-refractivity contribution in [2.24, 2.45) is 0 Å². The lowest BCUT2D eigenvalue weighted by atomic mass is 9.76. The van der Waals surface area contributed by atoms with Gasteiger partial charge in [0.15, 0.2) is 34.4 Å². The van der Waals surface area contributed by atoms with Gasteiger partial charge in [-0.15, -0.1) is 0 Å². The molecule has 0 saturated carbocycles. The molecule has 2 heterocycles. The minimum absolute atomic E-state index is 0.00184. The first-order valence-electron chi connectivity index (χ1n) is 13.7. The van der Waals surface area contributed by atoms with Crippen LogP contribution in [0.1, 0.15) is 70.3 Å². The molecule has 3 aromatic carbocycles. The zero-order chi connectivity index (χ0) is 31.8. The van der Waals surface area contributed by atoms with Crippen molar-refractivity contribution in [1.29, 1.82) is 0 Å². The van der Waals surface area contributed by atoms with Crippen LogP contribution in [0.2, 0.25) is 20.1 Å². The number of benzene rings is 3. The molecule has 0 radical (unpaired) electrons. The molecule has 1 atom stereocenters. The number of aromatic hydroxyl groups is 2. The van der Waals surface area contributed by atoms with Gasteiger partial charge in [0.05, 0.1) is 27.2 Å². The van der Waals surface area contributed by atoms with Gasteiger partial charge in [0.2, 0.25) is 5.91 Å². The SMILES string of the molecule is Cc1c(O)c(Cl)cc2c1Oc1c(cc(CCC(=O)NCCCCCCOOI)c(O)c1Cl)C21OC(=O)c2cc(Cl)c(Cl)cc21. The molecule has 1 unspecified atom stereocenters. The van der Waals surface area contributed by atoms with E-state index in [0.29, 0.717) is 29.8 Å². The summed E-state index contributed by atoms with van der Waals surface area (Å²) >= 11 is 27.5. The third-order valence-electron chi connectivity index (χ3n) is 7.72. The van der Waals surface area contributed by atoms with Gasteiger partial charge in [-0.1, -0.05) is 59.2 Å². The first-order valence-corrected chi connectivity index (χ1v) is 16.1. The Labute approximate surface area is 287 Å². The van der Waals surface area contributed by atoms with Crippen molar-refractivity contribution in [3.05, 3.63) is 77.7 Å². The second-order valence-electron chi connectivity index (χ2n) is 10.4. The summed E-state index contributed by atoms with van der Waals surface area (Å²) in [5.41, 5.74) is 0.0361. The van der Waals surface area contributed by atoms with Crippen molar-refractivity contribution in [3.63, 3.8) is 0 Å². The third kappa shape index (κ3) is 6.02. The number of phenols is 2. The van der Waals surface area contributed by atoms with Crippen LogP contribution in [0.3, 0.4) is 0 Å². The molecule has 44 heavy (non-hydrogen) atoms. The molecular formula is C30H26Cl4INO8. The molecule has 1 amide bonds. The van der Waals surface area contributed by atoms with E-state index in [1.165, 1.54) is 18.2 Å². The molecule has 14 heteroatoms. The Morgan fingerprint density at radius 3 is 2.36 bits per heavy atom. The number of unbranched alkanes of at least 4 members (excludes halogenated alkanes) is 3. The monoisotopic (exact) mass is 795 g/mol. The molecule has 2 aliphatic heterocycles. The fraction of sp³-hybridized carbons (Fsp3) is 0.333. The van der Waals surface area contributed by atoms with E-state index >= 15 is 0 Å². The van der Waals surface area contributed by atoms with E-state index in [2.05, 4.69) is 8.53 Å².